The van der Waals surface area contributed by atoms with Crippen molar-refractivity contribution in [1.29, 1.82) is 0 Å². The van der Waals surface area contributed by atoms with Crippen LogP contribution in [0.3, 0.4) is 0 Å². The zero-order valence-corrected chi connectivity index (χ0v) is 22.3. The summed E-state index contributed by atoms with van der Waals surface area (Å²) >= 11 is 1.26. The highest BCUT2D eigenvalue weighted by Crippen LogP contribution is 2.48. The van der Waals surface area contributed by atoms with Crippen LogP contribution in [0.25, 0.3) is 21.5 Å². The number of hydrogen-bond donors (Lipinski definition) is 1. The Balaban J connectivity index is 2.04. The van der Waals surface area contributed by atoms with E-state index in [-0.39, 0.29) is 18.2 Å². The summed E-state index contributed by atoms with van der Waals surface area (Å²) in [7, 11) is 2.31. The van der Waals surface area contributed by atoms with Gasteiger partial charge < -0.3 is 14.4 Å². The molecule has 1 N–H and O–H groups in total. The molecule has 35 heavy (non-hydrogen) atoms. The average molecular weight is 520 g/mol. The third-order valence-electron chi connectivity index (χ3n) is 6.77. The summed E-state index contributed by atoms with van der Waals surface area (Å²) in [6, 6.07) is 10.1. The number of ether oxygens (including phenoxy) is 1. The van der Waals surface area contributed by atoms with Crippen LogP contribution in [0.5, 0.6) is 0 Å². The van der Waals surface area contributed by atoms with Gasteiger partial charge in [0.25, 0.3) is 10.2 Å². The van der Waals surface area contributed by atoms with Gasteiger partial charge >= 0.3 is 5.97 Å². The molecule has 3 aromatic rings. The fourth-order valence-corrected chi connectivity index (χ4v) is 7.26. The van der Waals surface area contributed by atoms with Crippen molar-refractivity contribution in [2.75, 3.05) is 28.3 Å². The number of rotatable bonds is 9. The Bertz CT molecular complexity index is 1310. The number of thiophene rings is 1. The highest BCUT2D eigenvalue weighted by molar-refractivity contribution is 7.86. The molecule has 0 aliphatic heterocycles. The molecule has 1 saturated carbocycles. The summed E-state index contributed by atoms with van der Waals surface area (Å²) in [4.78, 5) is 12.5. The predicted octanol–water partition coefficient (Wildman–Crippen LogP) is 4.96. The Hall–Kier alpha value is -2.24. The second-order valence-electron chi connectivity index (χ2n) is 9.25. The molecule has 0 bridgehead atoms. The molecule has 1 aliphatic carbocycles. The smallest absolute Gasteiger partial charge is 0.346 e. The summed E-state index contributed by atoms with van der Waals surface area (Å²) in [5.41, 5.74) is 4.51. The minimum Gasteiger partial charge on any atom is -0.477 e. The van der Waals surface area contributed by atoms with E-state index in [1.165, 1.54) is 48.8 Å². The SMILES string of the molecule is COCn1c(-c2ccccc2)c(C2CCCCC2)c2sc(C(=O)O)c(CN(C)S(=O)(=O)N(C)C)c21. The molecule has 10 heteroatoms. The molecule has 2 heterocycles. The van der Waals surface area contributed by atoms with Crippen molar-refractivity contribution in [2.45, 2.75) is 51.3 Å². The maximum Gasteiger partial charge on any atom is 0.346 e. The van der Waals surface area contributed by atoms with Crippen molar-refractivity contribution in [2.24, 2.45) is 0 Å². The minimum atomic E-state index is -3.73. The number of methoxy groups -OCH3 is 1. The molecule has 0 saturated heterocycles. The number of fused-ring (bicyclic) bond motifs is 1. The molecule has 0 atom stereocenters. The minimum absolute atomic E-state index is 0.0474. The molecular weight excluding hydrogens is 486 g/mol. The lowest BCUT2D eigenvalue weighted by Gasteiger charge is -2.24. The molecule has 1 fully saturated rings. The zero-order valence-electron chi connectivity index (χ0n) is 20.7. The first-order valence-electron chi connectivity index (χ1n) is 11.8. The van der Waals surface area contributed by atoms with Gasteiger partial charge in [-0.3, -0.25) is 0 Å². The van der Waals surface area contributed by atoms with E-state index in [1.54, 1.807) is 7.11 Å². The van der Waals surface area contributed by atoms with Crippen molar-refractivity contribution in [3.05, 3.63) is 46.3 Å². The van der Waals surface area contributed by atoms with E-state index < -0.39 is 16.2 Å². The Morgan fingerprint density at radius 1 is 1.14 bits per heavy atom. The summed E-state index contributed by atoms with van der Waals surface area (Å²) in [5.74, 6) is -0.729. The number of carbonyl (C=O) groups is 1. The molecule has 0 radical (unpaired) electrons. The third-order valence-corrected chi connectivity index (χ3v) is 9.85. The molecule has 8 nitrogen and oxygen atoms in total. The van der Waals surface area contributed by atoms with Gasteiger partial charge in [0.2, 0.25) is 0 Å². The van der Waals surface area contributed by atoms with Gasteiger partial charge in [0.1, 0.15) is 11.6 Å². The van der Waals surface area contributed by atoms with E-state index in [4.69, 9.17) is 4.74 Å². The van der Waals surface area contributed by atoms with E-state index in [9.17, 15) is 18.3 Å². The van der Waals surface area contributed by atoms with Crippen molar-refractivity contribution >= 4 is 37.7 Å². The standard InChI is InChI=1S/C25H33N3O5S2/c1-26(2)35(31,32)27(3)15-19-22-24(34-23(19)25(29)30)20(17-11-7-5-8-12-17)21(28(22)16-33-4)18-13-9-6-10-14-18/h6,9-10,13-14,17H,5,7-8,11-12,15-16H2,1-4H3,(H,29,30). The lowest BCUT2D eigenvalue weighted by molar-refractivity contribution is 0.0700. The van der Waals surface area contributed by atoms with Gasteiger partial charge in [-0.2, -0.15) is 17.0 Å². The second kappa shape index (κ2) is 10.4. The molecular formula is C25H33N3O5S2. The van der Waals surface area contributed by atoms with Crippen LogP contribution < -0.4 is 0 Å². The normalized spacial score (nSPS) is 15.5. The molecule has 0 amide bonds. The van der Waals surface area contributed by atoms with Crippen LogP contribution in [0, 0.1) is 0 Å². The van der Waals surface area contributed by atoms with Crippen LogP contribution in [-0.4, -0.2) is 60.9 Å². The van der Waals surface area contributed by atoms with Gasteiger partial charge in [0.05, 0.1) is 15.9 Å². The first kappa shape index (κ1) is 25.8. The summed E-state index contributed by atoms with van der Waals surface area (Å²) in [6.45, 7) is 0.189. The van der Waals surface area contributed by atoms with E-state index >= 15 is 0 Å². The third kappa shape index (κ3) is 4.77. The van der Waals surface area contributed by atoms with E-state index in [0.717, 1.165) is 51.5 Å². The predicted molar refractivity (Wildman–Crippen MR) is 139 cm³/mol. The highest BCUT2D eigenvalue weighted by Gasteiger charge is 2.33. The quantitative estimate of drug-likeness (QED) is 0.432. The summed E-state index contributed by atoms with van der Waals surface area (Å²) in [6.07, 6.45) is 5.60. The van der Waals surface area contributed by atoms with E-state index in [1.807, 2.05) is 22.8 Å². The molecule has 1 aliphatic rings. The number of aromatic carboxylic acids is 1. The number of carboxylic acid groups (broad SMARTS) is 1. The summed E-state index contributed by atoms with van der Waals surface area (Å²) in [5, 5.41) is 10.1. The van der Waals surface area contributed by atoms with Gasteiger partial charge in [-0.25, -0.2) is 4.79 Å². The molecule has 190 valence electrons. The largest absolute Gasteiger partial charge is 0.477 e. The van der Waals surface area contributed by atoms with Gasteiger partial charge in [0, 0.05) is 40.4 Å². The molecule has 1 aromatic carbocycles. The van der Waals surface area contributed by atoms with E-state index in [2.05, 4.69) is 12.1 Å². The van der Waals surface area contributed by atoms with Crippen LogP contribution in [0.1, 0.15) is 58.8 Å². The number of nitrogens with zero attached hydrogens (tertiary/aromatic N) is 3. The van der Waals surface area contributed by atoms with Crippen molar-refractivity contribution in [3.8, 4) is 11.3 Å². The molecule has 0 unspecified atom stereocenters. The number of benzene rings is 1. The van der Waals surface area contributed by atoms with Crippen molar-refractivity contribution in [3.63, 3.8) is 0 Å². The highest BCUT2D eigenvalue weighted by atomic mass is 32.2. The fourth-order valence-electron chi connectivity index (χ4n) is 5.13. The first-order chi connectivity index (χ1) is 16.7. The zero-order chi connectivity index (χ0) is 25.3. The Kier molecular flexibility index (Phi) is 7.68. The van der Waals surface area contributed by atoms with Crippen LogP contribution in [-0.2, 0) is 28.2 Å². The molecule has 4 rings (SSSR count). The molecule has 0 spiro atoms. The maximum absolute atomic E-state index is 12.8. The maximum atomic E-state index is 12.8. The topological polar surface area (TPSA) is 92.1 Å². The average Bonchev–Trinajstić information content (AvgIpc) is 3.35. The number of hydrogen-bond acceptors (Lipinski definition) is 5. The lowest BCUT2D eigenvalue weighted by atomic mass is 9.83. The van der Waals surface area contributed by atoms with Crippen LogP contribution in [0.15, 0.2) is 30.3 Å². The monoisotopic (exact) mass is 519 g/mol. The van der Waals surface area contributed by atoms with Gasteiger partial charge in [-0.05, 0) is 29.9 Å². The van der Waals surface area contributed by atoms with Crippen molar-refractivity contribution < 1.29 is 23.1 Å². The Morgan fingerprint density at radius 2 is 1.80 bits per heavy atom. The Morgan fingerprint density at radius 3 is 2.37 bits per heavy atom. The lowest BCUT2D eigenvalue weighted by Crippen LogP contribution is -2.37. The van der Waals surface area contributed by atoms with Crippen LogP contribution >= 0.6 is 11.3 Å². The van der Waals surface area contributed by atoms with Crippen LogP contribution in [0.2, 0.25) is 0 Å². The fraction of sp³-hybridized carbons (Fsp3) is 0.480. The second-order valence-corrected chi connectivity index (χ2v) is 12.5. The van der Waals surface area contributed by atoms with Crippen LogP contribution in [0.4, 0.5) is 0 Å². The number of carboxylic acids is 1. The molecule has 2 aromatic heterocycles. The van der Waals surface area contributed by atoms with Gasteiger partial charge in [-0.1, -0.05) is 49.6 Å². The van der Waals surface area contributed by atoms with Crippen molar-refractivity contribution in [1.82, 2.24) is 13.2 Å². The van der Waals surface area contributed by atoms with E-state index in [0.29, 0.717) is 11.5 Å². The Labute approximate surface area is 210 Å². The first-order valence-corrected chi connectivity index (χ1v) is 14.0. The van der Waals surface area contributed by atoms with Gasteiger partial charge in [-0.15, -0.1) is 11.3 Å². The number of aromatic nitrogens is 1. The van der Waals surface area contributed by atoms with Gasteiger partial charge in [0.15, 0.2) is 0 Å². The summed E-state index contributed by atoms with van der Waals surface area (Å²) < 4.78 is 36.5.